The van der Waals surface area contributed by atoms with Gasteiger partial charge in [0.1, 0.15) is 0 Å². The molecular formula is C18H22ClN. The van der Waals surface area contributed by atoms with Crippen molar-refractivity contribution in [3.05, 3.63) is 70.7 Å². The molecule has 0 spiro atoms. The van der Waals surface area contributed by atoms with Gasteiger partial charge in [-0.05, 0) is 43.0 Å². The molecule has 0 bridgehead atoms. The van der Waals surface area contributed by atoms with Crippen molar-refractivity contribution in [3.8, 4) is 0 Å². The quantitative estimate of drug-likeness (QED) is 0.787. The maximum absolute atomic E-state index is 5.92. The molecule has 1 N–H and O–H groups in total. The molecule has 2 unspecified atom stereocenters. The molecule has 0 aromatic heterocycles. The van der Waals surface area contributed by atoms with Crippen LogP contribution in [0.2, 0.25) is 5.02 Å². The topological polar surface area (TPSA) is 12.0 Å². The number of halogens is 1. The van der Waals surface area contributed by atoms with E-state index in [1.165, 1.54) is 11.1 Å². The minimum atomic E-state index is 0.415. The number of nitrogens with one attached hydrogen (secondary N) is 1. The van der Waals surface area contributed by atoms with Crippen LogP contribution < -0.4 is 5.32 Å². The molecule has 2 aromatic carbocycles. The zero-order valence-corrected chi connectivity index (χ0v) is 12.9. The Bertz CT molecular complexity index is 507. The normalized spacial score (nSPS) is 13.9. The summed E-state index contributed by atoms with van der Waals surface area (Å²) in [4.78, 5) is 0. The highest BCUT2D eigenvalue weighted by Crippen LogP contribution is 2.18. The molecule has 0 heterocycles. The van der Waals surface area contributed by atoms with Crippen LogP contribution in [0.4, 0.5) is 0 Å². The van der Waals surface area contributed by atoms with E-state index >= 15 is 0 Å². The van der Waals surface area contributed by atoms with Crippen molar-refractivity contribution in [1.29, 1.82) is 0 Å². The fourth-order valence-corrected chi connectivity index (χ4v) is 2.64. The average Bonchev–Trinajstić information content (AvgIpc) is 2.48. The van der Waals surface area contributed by atoms with Gasteiger partial charge in [-0.25, -0.2) is 0 Å². The lowest BCUT2D eigenvalue weighted by molar-refractivity contribution is 0.443. The van der Waals surface area contributed by atoms with Gasteiger partial charge in [-0.15, -0.1) is 0 Å². The van der Waals surface area contributed by atoms with Crippen molar-refractivity contribution in [2.24, 2.45) is 0 Å². The molecule has 0 radical (unpaired) electrons. The highest BCUT2D eigenvalue weighted by molar-refractivity contribution is 6.30. The van der Waals surface area contributed by atoms with Crippen LogP contribution in [-0.4, -0.2) is 6.04 Å². The first-order valence-electron chi connectivity index (χ1n) is 7.24. The van der Waals surface area contributed by atoms with Crippen molar-refractivity contribution < 1.29 is 0 Å². The third-order valence-electron chi connectivity index (χ3n) is 3.55. The van der Waals surface area contributed by atoms with Gasteiger partial charge in [-0.2, -0.15) is 0 Å². The summed E-state index contributed by atoms with van der Waals surface area (Å²) in [5, 5.41) is 4.51. The van der Waals surface area contributed by atoms with E-state index in [1.807, 2.05) is 12.1 Å². The van der Waals surface area contributed by atoms with Gasteiger partial charge in [0, 0.05) is 17.1 Å². The highest BCUT2D eigenvalue weighted by atomic mass is 35.5. The summed E-state index contributed by atoms with van der Waals surface area (Å²) in [5.74, 6) is 0. The lowest BCUT2D eigenvalue weighted by Gasteiger charge is -2.23. The van der Waals surface area contributed by atoms with Gasteiger partial charge in [0.05, 0.1) is 0 Å². The van der Waals surface area contributed by atoms with E-state index in [0.717, 1.165) is 17.9 Å². The zero-order valence-electron chi connectivity index (χ0n) is 12.1. The molecule has 106 valence electrons. The molecule has 0 saturated carbocycles. The molecule has 2 aromatic rings. The molecule has 1 nitrogen and oxygen atoms in total. The zero-order chi connectivity index (χ0) is 14.4. The Kier molecular flexibility index (Phi) is 5.63. The van der Waals surface area contributed by atoms with E-state index in [0.29, 0.717) is 12.1 Å². The number of benzene rings is 2. The van der Waals surface area contributed by atoms with Gasteiger partial charge in [0.2, 0.25) is 0 Å². The first-order chi connectivity index (χ1) is 9.69. The standard InChI is InChI=1S/C18H22ClN/c1-3-18(16-7-5-4-6-8-16)20-14(2)13-15-9-11-17(19)12-10-15/h4-12,14,18,20H,3,13H2,1-2H3. The summed E-state index contributed by atoms with van der Waals surface area (Å²) < 4.78 is 0. The molecule has 20 heavy (non-hydrogen) atoms. The Balaban J connectivity index is 1.95. The van der Waals surface area contributed by atoms with Gasteiger partial charge in [-0.3, -0.25) is 0 Å². The lowest BCUT2D eigenvalue weighted by atomic mass is 10.0. The first-order valence-corrected chi connectivity index (χ1v) is 7.62. The molecule has 2 atom stereocenters. The molecule has 0 aliphatic rings. The molecule has 0 aliphatic heterocycles. The van der Waals surface area contributed by atoms with Gasteiger partial charge < -0.3 is 5.32 Å². The van der Waals surface area contributed by atoms with Crippen LogP contribution >= 0.6 is 11.6 Å². The molecule has 0 amide bonds. The summed E-state index contributed by atoms with van der Waals surface area (Å²) >= 11 is 5.92. The van der Waals surface area contributed by atoms with Crippen LogP contribution in [0.5, 0.6) is 0 Å². The Hall–Kier alpha value is -1.31. The van der Waals surface area contributed by atoms with Crippen LogP contribution in [0, 0.1) is 0 Å². The fraction of sp³-hybridized carbons (Fsp3) is 0.333. The van der Waals surface area contributed by atoms with Gasteiger partial charge >= 0.3 is 0 Å². The van der Waals surface area contributed by atoms with Crippen molar-refractivity contribution in [3.63, 3.8) is 0 Å². The molecule has 2 rings (SSSR count). The van der Waals surface area contributed by atoms with E-state index in [1.54, 1.807) is 0 Å². The Morgan fingerprint density at radius 1 is 1.00 bits per heavy atom. The highest BCUT2D eigenvalue weighted by Gasteiger charge is 2.12. The Labute approximate surface area is 127 Å². The molecule has 0 saturated heterocycles. The van der Waals surface area contributed by atoms with Crippen molar-refractivity contribution in [2.75, 3.05) is 0 Å². The van der Waals surface area contributed by atoms with Crippen LogP contribution in [-0.2, 0) is 6.42 Å². The van der Waals surface area contributed by atoms with E-state index in [2.05, 4.69) is 61.6 Å². The summed E-state index contributed by atoms with van der Waals surface area (Å²) in [6.45, 7) is 4.46. The van der Waals surface area contributed by atoms with Crippen LogP contribution in [0.1, 0.15) is 37.4 Å². The SMILES string of the molecule is CCC(NC(C)Cc1ccc(Cl)cc1)c1ccccc1. The summed E-state index contributed by atoms with van der Waals surface area (Å²) in [7, 11) is 0. The molecule has 2 heteroatoms. The maximum Gasteiger partial charge on any atom is 0.0406 e. The van der Waals surface area contributed by atoms with Crippen molar-refractivity contribution in [1.82, 2.24) is 5.32 Å². The minimum absolute atomic E-state index is 0.415. The Morgan fingerprint density at radius 3 is 2.25 bits per heavy atom. The first kappa shape index (κ1) is 15.1. The molecular weight excluding hydrogens is 266 g/mol. The predicted octanol–water partition coefficient (Wildman–Crippen LogP) is 5.01. The third-order valence-corrected chi connectivity index (χ3v) is 3.80. The largest absolute Gasteiger partial charge is 0.307 e. The van der Waals surface area contributed by atoms with Crippen LogP contribution in [0.25, 0.3) is 0 Å². The minimum Gasteiger partial charge on any atom is -0.307 e. The van der Waals surface area contributed by atoms with Gasteiger partial charge in [-0.1, -0.05) is 61.0 Å². The summed E-state index contributed by atoms with van der Waals surface area (Å²) in [6.07, 6.45) is 2.11. The summed E-state index contributed by atoms with van der Waals surface area (Å²) in [5.41, 5.74) is 2.68. The third kappa shape index (κ3) is 4.36. The monoisotopic (exact) mass is 287 g/mol. The molecule has 0 fully saturated rings. The second kappa shape index (κ2) is 7.47. The predicted molar refractivity (Wildman–Crippen MR) is 87.2 cm³/mol. The second-order valence-corrected chi connectivity index (χ2v) is 5.71. The van der Waals surface area contributed by atoms with E-state index in [9.17, 15) is 0 Å². The number of hydrogen-bond acceptors (Lipinski definition) is 1. The van der Waals surface area contributed by atoms with E-state index in [4.69, 9.17) is 11.6 Å². The lowest BCUT2D eigenvalue weighted by Crippen LogP contribution is -2.31. The Morgan fingerprint density at radius 2 is 1.65 bits per heavy atom. The van der Waals surface area contributed by atoms with E-state index in [-0.39, 0.29) is 0 Å². The second-order valence-electron chi connectivity index (χ2n) is 5.27. The average molecular weight is 288 g/mol. The number of hydrogen-bond donors (Lipinski definition) is 1. The van der Waals surface area contributed by atoms with Gasteiger partial charge in [0.25, 0.3) is 0 Å². The summed E-state index contributed by atoms with van der Waals surface area (Å²) in [6, 6.07) is 19.6. The number of rotatable bonds is 6. The van der Waals surface area contributed by atoms with Gasteiger partial charge in [0.15, 0.2) is 0 Å². The van der Waals surface area contributed by atoms with Crippen LogP contribution in [0.15, 0.2) is 54.6 Å². The van der Waals surface area contributed by atoms with Crippen molar-refractivity contribution >= 4 is 11.6 Å². The maximum atomic E-state index is 5.92. The van der Waals surface area contributed by atoms with E-state index < -0.39 is 0 Å². The smallest absolute Gasteiger partial charge is 0.0406 e. The fourth-order valence-electron chi connectivity index (χ4n) is 2.51. The molecule has 0 aliphatic carbocycles. The van der Waals surface area contributed by atoms with Crippen LogP contribution in [0.3, 0.4) is 0 Å². The van der Waals surface area contributed by atoms with Crippen molar-refractivity contribution in [2.45, 2.75) is 38.8 Å².